The lowest BCUT2D eigenvalue weighted by Gasteiger charge is -2.12. The molecule has 0 spiro atoms. The number of benzene rings is 3. The second-order valence-corrected chi connectivity index (χ2v) is 5.54. The minimum atomic E-state index is -0.982. The lowest BCUT2D eigenvalue weighted by Crippen LogP contribution is -1.99. The first-order valence-electron chi connectivity index (χ1n) is 7.85. The van der Waals surface area contributed by atoms with E-state index in [9.17, 15) is 4.79 Å². The molecule has 0 heterocycles. The van der Waals surface area contributed by atoms with Crippen molar-refractivity contribution in [3.05, 3.63) is 77.9 Å². The first-order valence-corrected chi connectivity index (χ1v) is 7.85. The Morgan fingerprint density at radius 3 is 2.60 bits per heavy atom. The van der Waals surface area contributed by atoms with Crippen molar-refractivity contribution >= 4 is 22.8 Å². The molecule has 0 bridgehead atoms. The van der Waals surface area contributed by atoms with Crippen LogP contribution in [0.15, 0.2) is 66.7 Å². The largest absolute Gasteiger partial charge is 0.496 e. The average molecular weight is 334 g/mol. The van der Waals surface area contributed by atoms with E-state index in [0.29, 0.717) is 12.4 Å². The highest BCUT2D eigenvalue weighted by Crippen LogP contribution is 2.25. The Morgan fingerprint density at radius 1 is 1.04 bits per heavy atom. The molecule has 0 atom stereocenters. The highest BCUT2D eigenvalue weighted by molar-refractivity contribution is 5.85. The van der Waals surface area contributed by atoms with Crippen LogP contribution < -0.4 is 9.47 Å². The van der Waals surface area contributed by atoms with Crippen molar-refractivity contribution in [1.29, 1.82) is 0 Å². The molecule has 0 fully saturated rings. The predicted octanol–water partition coefficient (Wildman–Crippen LogP) is 4.53. The first-order chi connectivity index (χ1) is 12.2. The van der Waals surface area contributed by atoms with Crippen LogP contribution in [0, 0.1) is 0 Å². The van der Waals surface area contributed by atoms with Crippen LogP contribution in [0.5, 0.6) is 11.5 Å². The second kappa shape index (κ2) is 7.53. The van der Waals surface area contributed by atoms with Gasteiger partial charge in [0.1, 0.15) is 18.1 Å². The third-order valence-corrected chi connectivity index (χ3v) is 3.84. The number of aliphatic carboxylic acids is 1. The van der Waals surface area contributed by atoms with E-state index in [-0.39, 0.29) is 0 Å². The molecule has 0 unspecified atom stereocenters. The Labute approximate surface area is 145 Å². The van der Waals surface area contributed by atoms with E-state index in [1.807, 2.05) is 42.5 Å². The number of fused-ring (bicyclic) bond motifs is 1. The molecule has 126 valence electrons. The van der Waals surface area contributed by atoms with E-state index in [1.54, 1.807) is 25.3 Å². The summed E-state index contributed by atoms with van der Waals surface area (Å²) in [5.74, 6) is 0.491. The maximum atomic E-state index is 10.7. The minimum Gasteiger partial charge on any atom is -0.496 e. The van der Waals surface area contributed by atoms with Gasteiger partial charge in [-0.2, -0.15) is 0 Å². The van der Waals surface area contributed by atoms with Gasteiger partial charge in [-0.25, -0.2) is 4.79 Å². The Bertz CT molecular complexity index is 928. The van der Waals surface area contributed by atoms with Crippen LogP contribution in [-0.4, -0.2) is 18.2 Å². The Kier molecular flexibility index (Phi) is 5.00. The van der Waals surface area contributed by atoms with Crippen molar-refractivity contribution in [3.63, 3.8) is 0 Å². The molecule has 1 N–H and O–H groups in total. The summed E-state index contributed by atoms with van der Waals surface area (Å²) in [6, 6.07) is 19.5. The van der Waals surface area contributed by atoms with Crippen LogP contribution in [-0.2, 0) is 11.4 Å². The van der Waals surface area contributed by atoms with Gasteiger partial charge in [0.05, 0.1) is 7.11 Å². The molecule has 0 radical (unpaired) electrons. The molecule has 0 amide bonds. The van der Waals surface area contributed by atoms with E-state index in [0.717, 1.165) is 33.7 Å². The van der Waals surface area contributed by atoms with Gasteiger partial charge in [-0.1, -0.05) is 36.4 Å². The molecule has 3 aromatic carbocycles. The zero-order chi connectivity index (χ0) is 17.6. The van der Waals surface area contributed by atoms with E-state index < -0.39 is 5.97 Å². The summed E-state index contributed by atoms with van der Waals surface area (Å²) >= 11 is 0. The number of hydrogen-bond acceptors (Lipinski definition) is 3. The lowest BCUT2D eigenvalue weighted by atomic mass is 10.1. The molecule has 3 rings (SSSR count). The number of carbonyl (C=O) groups is 1. The summed E-state index contributed by atoms with van der Waals surface area (Å²) < 4.78 is 11.3. The Morgan fingerprint density at radius 2 is 1.84 bits per heavy atom. The van der Waals surface area contributed by atoms with Crippen LogP contribution in [0.4, 0.5) is 0 Å². The monoisotopic (exact) mass is 334 g/mol. The van der Waals surface area contributed by atoms with Gasteiger partial charge in [-0.15, -0.1) is 0 Å². The third-order valence-electron chi connectivity index (χ3n) is 3.84. The maximum absolute atomic E-state index is 10.7. The molecule has 0 aliphatic carbocycles. The lowest BCUT2D eigenvalue weighted by molar-refractivity contribution is -0.131. The van der Waals surface area contributed by atoms with E-state index >= 15 is 0 Å². The predicted molar refractivity (Wildman–Crippen MR) is 97.9 cm³/mol. The van der Waals surface area contributed by atoms with E-state index in [2.05, 4.69) is 6.07 Å². The van der Waals surface area contributed by atoms with Gasteiger partial charge in [0.25, 0.3) is 0 Å². The molecular formula is C21H18O4. The van der Waals surface area contributed by atoms with Gasteiger partial charge < -0.3 is 14.6 Å². The van der Waals surface area contributed by atoms with Crippen molar-refractivity contribution in [2.45, 2.75) is 6.61 Å². The molecule has 0 saturated carbocycles. The third kappa shape index (κ3) is 4.18. The van der Waals surface area contributed by atoms with Gasteiger partial charge in [0, 0.05) is 11.6 Å². The molecule has 0 aliphatic rings. The summed E-state index contributed by atoms with van der Waals surface area (Å²) in [4.78, 5) is 10.7. The summed E-state index contributed by atoms with van der Waals surface area (Å²) in [5.41, 5.74) is 1.63. The highest BCUT2D eigenvalue weighted by atomic mass is 16.5. The number of rotatable bonds is 6. The van der Waals surface area contributed by atoms with Gasteiger partial charge in [-0.3, -0.25) is 0 Å². The van der Waals surface area contributed by atoms with Crippen molar-refractivity contribution in [2.24, 2.45) is 0 Å². The standard InChI is InChI=1S/C21H18O4/c1-24-20-10-6-15(7-11-21(22)23)12-18(20)14-25-19-9-8-16-4-2-3-5-17(16)13-19/h2-13H,14H2,1H3,(H,22,23)/b11-7+. The normalized spacial score (nSPS) is 10.9. The molecule has 4 nitrogen and oxygen atoms in total. The first kappa shape index (κ1) is 16.6. The molecular weight excluding hydrogens is 316 g/mol. The van der Waals surface area contributed by atoms with Crippen molar-refractivity contribution in [2.75, 3.05) is 7.11 Å². The quantitative estimate of drug-likeness (QED) is 0.673. The van der Waals surface area contributed by atoms with Gasteiger partial charge in [-0.05, 0) is 46.7 Å². The molecule has 4 heteroatoms. The number of ether oxygens (including phenoxy) is 2. The molecule has 0 aliphatic heterocycles. The van der Waals surface area contributed by atoms with Crippen LogP contribution in [0.3, 0.4) is 0 Å². The average Bonchev–Trinajstić information content (AvgIpc) is 2.64. The summed E-state index contributed by atoms with van der Waals surface area (Å²) in [5, 5.41) is 11.0. The van der Waals surface area contributed by atoms with E-state index in [1.165, 1.54) is 0 Å². The number of carboxylic acids is 1. The molecule has 0 saturated heterocycles. The van der Waals surface area contributed by atoms with Crippen molar-refractivity contribution in [3.8, 4) is 11.5 Å². The van der Waals surface area contributed by atoms with Crippen LogP contribution in [0.2, 0.25) is 0 Å². The molecule has 0 aromatic heterocycles. The molecule has 25 heavy (non-hydrogen) atoms. The van der Waals surface area contributed by atoms with Gasteiger partial charge in [0.2, 0.25) is 0 Å². The fourth-order valence-corrected chi connectivity index (χ4v) is 2.60. The van der Waals surface area contributed by atoms with Gasteiger partial charge in [0.15, 0.2) is 0 Å². The topological polar surface area (TPSA) is 55.8 Å². The second-order valence-electron chi connectivity index (χ2n) is 5.54. The summed E-state index contributed by atoms with van der Waals surface area (Å²) in [7, 11) is 1.60. The Balaban J connectivity index is 1.80. The van der Waals surface area contributed by atoms with Crippen molar-refractivity contribution < 1.29 is 19.4 Å². The fourth-order valence-electron chi connectivity index (χ4n) is 2.60. The zero-order valence-electron chi connectivity index (χ0n) is 13.8. The summed E-state index contributed by atoms with van der Waals surface area (Å²) in [6.07, 6.45) is 2.65. The minimum absolute atomic E-state index is 0.330. The smallest absolute Gasteiger partial charge is 0.328 e. The highest BCUT2D eigenvalue weighted by Gasteiger charge is 2.06. The fraction of sp³-hybridized carbons (Fsp3) is 0.0952. The number of carboxylic acid groups (broad SMARTS) is 1. The van der Waals surface area contributed by atoms with Crippen molar-refractivity contribution in [1.82, 2.24) is 0 Å². The Hall–Kier alpha value is -3.27. The SMILES string of the molecule is COc1ccc(/C=C/C(=O)O)cc1COc1ccc2ccccc2c1. The summed E-state index contributed by atoms with van der Waals surface area (Å²) in [6.45, 7) is 0.330. The number of methoxy groups -OCH3 is 1. The van der Waals surface area contributed by atoms with Crippen LogP contribution in [0.25, 0.3) is 16.8 Å². The molecule has 3 aromatic rings. The zero-order valence-corrected chi connectivity index (χ0v) is 13.8. The van der Waals surface area contributed by atoms with E-state index in [4.69, 9.17) is 14.6 Å². The van der Waals surface area contributed by atoms with Gasteiger partial charge >= 0.3 is 5.97 Å². The van der Waals surface area contributed by atoms with Crippen LogP contribution in [0.1, 0.15) is 11.1 Å². The number of hydrogen-bond donors (Lipinski definition) is 1. The van der Waals surface area contributed by atoms with Crippen LogP contribution >= 0.6 is 0 Å². The maximum Gasteiger partial charge on any atom is 0.328 e.